The number of pyridine rings is 1. The van der Waals surface area contributed by atoms with Crippen molar-refractivity contribution in [2.45, 2.75) is 52.1 Å². The fourth-order valence-corrected chi connectivity index (χ4v) is 4.33. The Kier molecular flexibility index (Phi) is 7.86. The van der Waals surface area contributed by atoms with Crippen LogP contribution in [-0.4, -0.2) is 61.2 Å². The zero-order valence-electron chi connectivity index (χ0n) is 18.1. The van der Waals surface area contributed by atoms with Crippen molar-refractivity contribution >= 4 is 11.7 Å². The van der Waals surface area contributed by atoms with Crippen LogP contribution in [0, 0.1) is 11.8 Å². The van der Waals surface area contributed by atoms with Gasteiger partial charge >= 0.3 is 6.11 Å². The molecular formula is C22H34F2N4O2. The van der Waals surface area contributed by atoms with Gasteiger partial charge in [-0.1, -0.05) is 6.92 Å². The summed E-state index contributed by atoms with van der Waals surface area (Å²) in [7, 11) is 0. The number of alkyl halides is 2. The molecule has 0 atom stereocenters. The third kappa shape index (κ3) is 6.79. The molecule has 0 unspecified atom stereocenters. The molecule has 2 aliphatic heterocycles. The maximum absolute atomic E-state index is 12.9. The summed E-state index contributed by atoms with van der Waals surface area (Å²) in [6.45, 7) is 8.61. The molecule has 168 valence electrons. The molecular weight excluding hydrogens is 390 g/mol. The summed E-state index contributed by atoms with van der Waals surface area (Å²) in [5.74, 6) is 1.67. The molecule has 2 fully saturated rings. The number of nitrogens with zero attached hydrogens (tertiary/aromatic N) is 3. The highest BCUT2D eigenvalue weighted by Gasteiger charge is 2.27. The lowest BCUT2D eigenvalue weighted by Gasteiger charge is -2.33. The quantitative estimate of drug-likeness (QED) is 0.692. The number of carbonyl (C=O) groups excluding carboxylic acids is 1. The first-order valence-corrected chi connectivity index (χ1v) is 11.1. The normalized spacial score (nSPS) is 19.7. The maximum atomic E-state index is 12.9. The van der Waals surface area contributed by atoms with Gasteiger partial charge in [0, 0.05) is 32.5 Å². The van der Waals surface area contributed by atoms with Gasteiger partial charge in [-0.25, -0.2) is 4.98 Å². The summed E-state index contributed by atoms with van der Waals surface area (Å²) in [5, 5.41) is 3.13. The molecule has 3 rings (SSSR count). The Balaban J connectivity index is 1.36. The number of rotatable bonds is 8. The lowest BCUT2D eigenvalue weighted by molar-refractivity contribution is -0.159. The number of piperidine rings is 2. The fraction of sp³-hybridized carbons (Fsp3) is 0.727. The summed E-state index contributed by atoms with van der Waals surface area (Å²) >= 11 is 0. The van der Waals surface area contributed by atoms with Crippen molar-refractivity contribution in [2.75, 3.05) is 44.2 Å². The van der Waals surface area contributed by atoms with Crippen LogP contribution < -0.4 is 15.0 Å². The Hall–Kier alpha value is -1.96. The lowest BCUT2D eigenvalue weighted by atomic mass is 9.93. The maximum Gasteiger partial charge on any atom is 0.394 e. The molecule has 6 nitrogen and oxygen atoms in total. The third-order valence-corrected chi connectivity index (χ3v) is 6.21. The number of hydrogen-bond acceptors (Lipinski definition) is 5. The summed E-state index contributed by atoms with van der Waals surface area (Å²) in [4.78, 5) is 21.3. The van der Waals surface area contributed by atoms with Gasteiger partial charge in [-0.3, -0.25) is 4.79 Å². The van der Waals surface area contributed by atoms with E-state index in [1.807, 2.05) is 0 Å². The highest BCUT2D eigenvalue weighted by Crippen LogP contribution is 2.26. The van der Waals surface area contributed by atoms with Crippen LogP contribution in [0.25, 0.3) is 0 Å². The van der Waals surface area contributed by atoms with Crippen molar-refractivity contribution in [3.8, 4) is 5.75 Å². The van der Waals surface area contributed by atoms with Crippen LogP contribution in [0.2, 0.25) is 0 Å². The molecule has 1 N–H and O–H groups in total. The van der Waals surface area contributed by atoms with Gasteiger partial charge < -0.3 is 19.9 Å². The Morgan fingerprint density at radius 1 is 1.20 bits per heavy atom. The van der Waals surface area contributed by atoms with Crippen LogP contribution >= 0.6 is 0 Å². The van der Waals surface area contributed by atoms with E-state index in [0.717, 1.165) is 57.2 Å². The molecule has 2 saturated heterocycles. The Labute approximate surface area is 178 Å². The van der Waals surface area contributed by atoms with Crippen LogP contribution in [0.5, 0.6) is 5.75 Å². The van der Waals surface area contributed by atoms with Crippen molar-refractivity contribution in [1.29, 1.82) is 0 Å². The Morgan fingerprint density at radius 2 is 1.90 bits per heavy atom. The minimum Gasteiger partial charge on any atom is -0.431 e. The topological polar surface area (TPSA) is 57.7 Å². The van der Waals surface area contributed by atoms with Crippen molar-refractivity contribution in [1.82, 2.24) is 15.2 Å². The van der Waals surface area contributed by atoms with E-state index in [1.54, 1.807) is 6.07 Å². The van der Waals surface area contributed by atoms with Crippen LogP contribution in [0.4, 0.5) is 14.6 Å². The number of halogens is 2. The summed E-state index contributed by atoms with van der Waals surface area (Å²) in [6.07, 6.45) is 3.17. The van der Waals surface area contributed by atoms with E-state index in [1.165, 1.54) is 38.2 Å². The van der Waals surface area contributed by atoms with Gasteiger partial charge in [0.15, 0.2) is 0 Å². The summed E-state index contributed by atoms with van der Waals surface area (Å²) in [5.41, 5.74) is 0. The lowest BCUT2D eigenvalue weighted by Crippen LogP contribution is -2.41. The number of anilines is 1. The van der Waals surface area contributed by atoms with Crippen LogP contribution in [0.3, 0.4) is 0 Å². The smallest absolute Gasteiger partial charge is 0.394 e. The molecule has 0 bridgehead atoms. The third-order valence-electron chi connectivity index (χ3n) is 6.21. The number of ether oxygens (including phenoxy) is 1. The fourth-order valence-electron chi connectivity index (χ4n) is 4.33. The molecule has 1 aromatic rings. The first-order chi connectivity index (χ1) is 14.3. The number of hydrogen-bond donors (Lipinski definition) is 1. The van der Waals surface area contributed by atoms with E-state index in [0.29, 0.717) is 6.92 Å². The molecule has 0 aromatic carbocycles. The number of likely N-dealkylation sites (tertiary alicyclic amines) is 1. The first-order valence-electron chi connectivity index (χ1n) is 11.1. The molecule has 30 heavy (non-hydrogen) atoms. The standard InChI is InChI=1S/C22H34F2N4O2/c1-3-27-12-7-17(8-13-27)6-11-25-21(29)18-9-14-28(15-10-18)20-5-4-19(16-26-20)30-22(2,23)24/h4-5,16-18H,3,6-15H2,1-2H3,(H,25,29). The van der Waals surface area contributed by atoms with Gasteiger partial charge in [-0.05, 0) is 69.8 Å². The highest BCUT2D eigenvalue weighted by atomic mass is 19.3. The molecule has 1 amide bonds. The second-order valence-electron chi connectivity index (χ2n) is 8.48. The van der Waals surface area contributed by atoms with Crippen molar-refractivity contribution in [3.63, 3.8) is 0 Å². The van der Waals surface area contributed by atoms with E-state index >= 15 is 0 Å². The van der Waals surface area contributed by atoms with Gasteiger partial charge in [0.05, 0.1) is 6.20 Å². The molecule has 2 aliphatic rings. The monoisotopic (exact) mass is 424 g/mol. The van der Waals surface area contributed by atoms with Gasteiger partial charge in [0.2, 0.25) is 5.91 Å². The van der Waals surface area contributed by atoms with Crippen LogP contribution in [-0.2, 0) is 4.79 Å². The van der Waals surface area contributed by atoms with E-state index in [4.69, 9.17) is 0 Å². The van der Waals surface area contributed by atoms with Crippen molar-refractivity contribution in [2.24, 2.45) is 11.8 Å². The highest BCUT2D eigenvalue weighted by molar-refractivity contribution is 5.78. The van der Waals surface area contributed by atoms with Crippen molar-refractivity contribution in [3.05, 3.63) is 18.3 Å². The molecule has 0 spiro atoms. The number of carbonyl (C=O) groups is 1. The minimum absolute atomic E-state index is 0.0320. The second kappa shape index (κ2) is 10.4. The average Bonchev–Trinajstić information content (AvgIpc) is 2.74. The van der Waals surface area contributed by atoms with Gasteiger partial charge in [0.25, 0.3) is 0 Å². The van der Waals surface area contributed by atoms with E-state index in [2.05, 4.69) is 31.8 Å². The van der Waals surface area contributed by atoms with Crippen molar-refractivity contribution < 1.29 is 18.3 Å². The second-order valence-corrected chi connectivity index (χ2v) is 8.48. The number of nitrogens with one attached hydrogen (secondary N) is 1. The summed E-state index contributed by atoms with van der Waals surface area (Å²) in [6, 6.07) is 3.19. The minimum atomic E-state index is -3.22. The number of aromatic nitrogens is 1. The van der Waals surface area contributed by atoms with E-state index in [9.17, 15) is 13.6 Å². The molecule has 3 heterocycles. The Morgan fingerprint density at radius 3 is 2.47 bits per heavy atom. The van der Waals surface area contributed by atoms with Gasteiger partial charge in [-0.15, -0.1) is 0 Å². The van der Waals surface area contributed by atoms with E-state index < -0.39 is 6.11 Å². The molecule has 0 radical (unpaired) electrons. The molecule has 1 aromatic heterocycles. The van der Waals surface area contributed by atoms with Gasteiger partial charge in [0.1, 0.15) is 11.6 Å². The van der Waals surface area contributed by atoms with Gasteiger partial charge in [-0.2, -0.15) is 8.78 Å². The van der Waals surface area contributed by atoms with Crippen LogP contribution in [0.1, 0.15) is 46.0 Å². The Bertz CT molecular complexity index is 665. The zero-order chi connectivity index (χ0) is 21.6. The largest absolute Gasteiger partial charge is 0.431 e. The predicted octanol–water partition coefficient (Wildman–Crippen LogP) is 3.53. The van der Waals surface area contributed by atoms with Crippen LogP contribution in [0.15, 0.2) is 18.3 Å². The van der Waals surface area contributed by atoms with E-state index in [-0.39, 0.29) is 17.6 Å². The zero-order valence-corrected chi connectivity index (χ0v) is 18.1. The molecule has 0 saturated carbocycles. The SMILES string of the molecule is CCN1CCC(CCNC(=O)C2CCN(c3ccc(OC(C)(F)F)cn3)CC2)CC1. The first kappa shape index (κ1) is 22.7. The summed E-state index contributed by atoms with van der Waals surface area (Å²) < 4.78 is 30.3. The average molecular weight is 425 g/mol. The number of amides is 1. The predicted molar refractivity (Wildman–Crippen MR) is 113 cm³/mol. The molecule has 8 heteroatoms. The molecule has 0 aliphatic carbocycles.